The molecule has 0 aliphatic heterocycles. The summed E-state index contributed by atoms with van der Waals surface area (Å²) in [6.45, 7) is 2.07. The first-order chi connectivity index (χ1) is 6.85. The molecule has 0 spiro atoms. The Morgan fingerprint density at radius 1 is 1.36 bits per heavy atom. The molecule has 0 aliphatic rings. The van der Waals surface area contributed by atoms with Crippen molar-refractivity contribution in [3.05, 3.63) is 36.0 Å². The van der Waals surface area contributed by atoms with Crippen molar-refractivity contribution in [3.63, 3.8) is 0 Å². The number of nitrogens with one attached hydrogen (secondary N) is 1. The fraction of sp³-hybridized carbons (Fsp3) is 0.182. The van der Waals surface area contributed by atoms with Gasteiger partial charge in [-0.3, -0.25) is 10.8 Å². The smallest absolute Gasteiger partial charge is 0.0707 e. The predicted molar refractivity (Wildman–Crippen MR) is 58.9 cm³/mol. The van der Waals surface area contributed by atoms with Gasteiger partial charge >= 0.3 is 0 Å². The summed E-state index contributed by atoms with van der Waals surface area (Å²) >= 11 is 0. The van der Waals surface area contributed by atoms with Crippen LogP contribution in [0.1, 0.15) is 12.6 Å². The SMILES string of the molecule is CCc1nc2ccccc2cc1NN. The summed E-state index contributed by atoms with van der Waals surface area (Å²) in [6, 6.07) is 10.1. The molecule has 0 bridgehead atoms. The monoisotopic (exact) mass is 187 g/mol. The topological polar surface area (TPSA) is 50.9 Å². The Bertz CT molecular complexity index is 409. The summed E-state index contributed by atoms with van der Waals surface area (Å²) in [6.07, 6.45) is 0.879. The zero-order chi connectivity index (χ0) is 9.97. The van der Waals surface area contributed by atoms with E-state index in [2.05, 4.69) is 17.3 Å². The van der Waals surface area contributed by atoms with E-state index < -0.39 is 0 Å². The number of fused-ring (bicyclic) bond motifs is 1. The molecule has 0 fully saturated rings. The lowest BCUT2D eigenvalue weighted by Crippen LogP contribution is -2.10. The number of nitrogen functional groups attached to an aromatic ring is 1. The maximum Gasteiger partial charge on any atom is 0.0707 e. The average Bonchev–Trinajstić information content (AvgIpc) is 2.27. The fourth-order valence-corrected chi connectivity index (χ4v) is 1.55. The molecular weight excluding hydrogens is 174 g/mol. The molecule has 3 heteroatoms. The third-order valence-electron chi connectivity index (χ3n) is 2.29. The van der Waals surface area contributed by atoms with Crippen molar-refractivity contribution in [2.75, 3.05) is 5.43 Å². The van der Waals surface area contributed by atoms with Crippen LogP contribution in [0, 0.1) is 0 Å². The second-order valence-corrected chi connectivity index (χ2v) is 3.17. The van der Waals surface area contributed by atoms with E-state index in [0.717, 1.165) is 28.7 Å². The van der Waals surface area contributed by atoms with Crippen LogP contribution in [-0.4, -0.2) is 4.98 Å². The number of hydrazine groups is 1. The second-order valence-electron chi connectivity index (χ2n) is 3.17. The summed E-state index contributed by atoms with van der Waals surface area (Å²) in [7, 11) is 0. The largest absolute Gasteiger partial charge is 0.322 e. The van der Waals surface area contributed by atoms with Gasteiger partial charge in [-0.2, -0.15) is 0 Å². The van der Waals surface area contributed by atoms with Crippen molar-refractivity contribution in [2.24, 2.45) is 5.84 Å². The van der Waals surface area contributed by atoms with E-state index in [1.54, 1.807) is 0 Å². The van der Waals surface area contributed by atoms with E-state index in [4.69, 9.17) is 5.84 Å². The van der Waals surface area contributed by atoms with E-state index in [-0.39, 0.29) is 0 Å². The number of hydrogen-bond donors (Lipinski definition) is 2. The van der Waals surface area contributed by atoms with Gasteiger partial charge in [0.15, 0.2) is 0 Å². The molecule has 1 aromatic carbocycles. The van der Waals surface area contributed by atoms with Crippen molar-refractivity contribution in [1.82, 2.24) is 4.98 Å². The number of para-hydroxylation sites is 1. The van der Waals surface area contributed by atoms with Gasteiger partial charge in [0.25, 0.3) is 0 Å². The van der Waals surface area contributed by atoms with Crippen molar-refractivity contribution < 1.29 is 0 Å². The van der Waals surface area contributed by atoms with E-state index in [1.165, 1.54) is 0 Å². The second kappa shape index (κ2) is 3.64. The van der Waals surface area contributed by atoms with Crippen molar-refractivity contribution in [2.45, 2.75) is 13.3 Å². The Hall–Kier alpha value is -1.61. The van der Waals surface area contributed by atoms with Gasteiger partial charge in [-0.25, -0.2) is 0 Å². The van der Waals surface area contributed by atoms with Gasteiger partial charge < -0.3 is 5.43 Å². The minimum absolute atomic E-state index is 0.879. The Morgan fingerprint density at radius 3 is 2.86 bits per heavy atom. The molecule has 72 valence electrons. The molecule has 14 heavy (non-hydrogen) atoms. The number of hydrogen-bond acceptors (Lipinski definition) is 3. The summed E-state index contributed by atoms with van der Waals surface area (Å²) in [5.74, 6) is 5.43. The van der Waals surface area contributed by atoms with Crippen LogP contribution in [0.4, 0.5) is 5.69 Å². The molecule has 0 unspecified atom stereocenters. The van der Waals surface area contributed by atoms with Gasteiger partial charge in [0.1, 0.15) is 0 Å². The van der Waals surface area contributed by atoms with Crippen LogP contribution in [0.2, 0.25) is 0 Å². The number of aryl methyl sites for hydroxylation is 1. The molecule has 2 aromatic rings. The summed E-state index contributed by atoms with van der Waals surface area (Å²) < 4.78 is 0. The van der Waals surface area contributed by atoms with Gasteiger partial charge in [-0.1, -0.05) is 25.1 Å². The highest BCUT2D eigenvalue weighted by atomic mass is 15.2. The normalized spacial score (nSPS) is 10.4. The maximum atomic E-state index is 5.43. The van der Waals surface area contributed by atoms with E-state index >= 15 is 0 Å². The number of nitrogens with two attached hydrogens (primary N) is 1. The summed E-state index contributed by atoms with van der Waals surface area (Å²) in [5.41, 5.74) is 5.61. The molecule has 0 amide bonds. The highest BCUT2D eigenvalue weighted by Crippen LogP contribution is 2.20. The summed E-state index contributed by atoms with van der Waals surface area (Å²) in [5, 5.41) is 1.11. The third kappa shape index (κ3) is 1.42. The molecule has 1 heterocycles. The Kier molecular flexibility index (Phi) is 2.33. The van der Waals surface area contributed by atoms with Crippen LogP contribution >= 0.6 is 0 Å². The van der Waals surface area contributed by atoms with Gasteiger partial charge in [0.2, 0.25) is 0 Å². The number of nitrogens with zero attached hydrogens (tertiary/aromatic N) is 1. The van der Waals surface area contributed by atoms with Crippen LogP contribution in [0.3, 0.4) is 0 Å². The first kappa shape index (κ1) is 8.97. The Labute approximate surface area is 82.9 Å². The van der Waals surface area contributed by atoms with Crippen LogP contribution in [0.5, 0.6) is 0 Å². The predicted octanol–water partition coefficient (Wildman–Crippen LogP) is 2.08. The molecule has 3 nitrogen and oxygen atoms in total. The molecule has 3 N–H and O–H groups in total. The highest BCUT2D eigenvalue weighted by Gasteiger charge is 2.02. The van der Waals surface area contributed by atoms with Crippen LogP contribution < -0.4 is 11.3 Å². The highest BCUT2D eigenvalue weighted by molar-refractivity contribution is 5.82. The number of rotatable bonds is 2. The first-order valence-corrected chi connectivity index (χ1v) is 4.70. The Balaban J connectivity index is 2.69. The molecule has 0 radical (unpaired) electrons. The molecule has 1 aromatic heterocycles. The molecule has 0 atom stereocenters. The average molecular weight is 187 g/mol. The van der Waals surface area contributed by atoms with Crippen LogP contribution in [0.25, 0.3) is 10.9 Å². The molecule has 0 saturated heterocycles. The van der Waals surface area contributed by atoms with E-state index in [9.17, 15) is 0 Å². The molecular formula is C11H13N3. The van der Waals surface area contributed by atoms with Gasteiger partial charge in [0.05, 0.1) is 16.9 Å². The van der Waals surface area contributed by atoms with Crippen LogP contribution in [0.15, 0.2) is 30.3 Å². The Morgan fingerprint density at radius 2 is 2.14 bits per heavy atom. The van der Waals surface area contributed by atoms with Gasteiger partial charge in [-0.15, -0.1) is 0 Å². The van der Waals surface area contributed by atoms with Gasteiger partial charge in [-0.05, 0) is 18.6 Å². The number of anilines is 1. The molecule has 2 rings (SSSR count). The van der Waals surface area contributed by atoms with Crippen molar-refractivity contribution >= 4 is 16.6 Å². The maximum absolute atomic E-state index is 5.43. The zero-order valence-electron chi connectivity index (χ0n) is 8.12. The lowest BCUT2D eigenvalue weighted by atomic mass is 10.1. The summed E-state index contributed by atoms with van der Waals surface area (Å²) in [4.78, 5) is 4.52. The lowest BCUT2D eigenvalue weighted by Gasteiger charge is -2.07. The third-order valence-corrected chi connectivity index (χ3v) is 2.29. The number of benzene rings is 1. The lowest BCUT2D eigenvalue weighted by molar-refractivity contribution is 1.05. The van der Waals surface area contributed by atoms with E-state index in [1.807, 2.05) is 30.3 Å². The van der Waals surface area contributed by atoms with Crippen molar-refractivity contribution in [3.8, 4) is 0 Å². The standard InChI is InChI=1S/C11H13N3/c1-2-9-11(14-12)7-8-5-3-4-6-10(8)13-9/h3-7,14H,2,12H2,1H3. The molecule has 0 aliphatic carbocycles. The molecule has 0 saturated carbocycles. The zero-order valence-corrected chi connectivity index (χ0v) is 8.12. The number of pyridine rings is 1. The quantitative estimate of drug-likeness (QED) is 0.559. The first-order valence-electron chi connectivity index (χ1n) is 4.70. The van der Waals surface area contributed by atoms with E-state index in [0.29, 0.717) is 0 Å². The van der Waals surface area contributed by atoms with Crippen molar-refractivity contribution in [1.29, 1.82) is 0 Å². The minimum atomic E-state index is 0.879. The number of aromatic nitrogens is 1. The minimum Gasteiger partial charge on any atom is -0.322 e. The fourth-order valence-electron chi connectivity index (χ4n) is 1.55. The van der Waals surface area contributed by atoms with Gasteiger partial charge in [0, 0.05) is 5.39 Å². The van der Waals surface area contributed by atoms with Crippen LogP contribution in [-0.2, 0) is 6.42 Å².